The van der Waals surface area contributed by atoms with Gasteiger partial charge in [0.25, 0.3) is 0 Å². The summed E-state index contributed by atoms with van der Waals surface area (Å²) in [7, 11) is 1.35. The van der Waals surface area contributed by atoms with Gasteiger partial charge >= 0.3 is 5.97 Å². The average Bonchev–Trinajstić information content (AvgIpc) is 2.70. The van der Waals surface area contributed by atoms with Crippen LogP contribution in [0.25, 0.3) is 0 Å². The van der Waals surface area contributed by atoms with Crippen molar-refractivity contribution in [2.24, 2.45) is 21.6 Å². The number of esters is 1. The molecule has 6 nitrogen and oxygen atoms in total. The van der Waals surface area contributed by atoms with E-state index in [1.165, 1.54) is 19.2 Å². The topological polar surface area (TPSA) is 80.5 Å². The number of phenols is 1. The molecule has 0 amide bonds. The molecule has 0 saturated carbocycles. The Balaban J connectivity index is 2.35. The third kappa shape index (κ3) is 6.87. The molecular formula is C24H32N2O4. The number of rotatable bonds is 8. The molecule has 162 valence electrons. The van der Waals surface area contributed by atoms with Crippen LogP contribution >= 0.6 is 0 Å². The minimum Gasteiger partial charge on any atom is -0.508 e. The molecule has 0 aliphatic heterocycles. The first-order chi connectivity index (χ1) is 14.1. The number of phenolic OH excluding ortho intramolecular Hbond substituents is 1. The molecule has 2 rings (SSSR count). The number of azo groups is 1. The lowest BCUT2D eigenvalue weighted by atomic mass is 9.97. The van der Waals surface area contributed by atoms with E-state index in [-0.39, 0.29) is 11.2 Å². The Morgan fingerprint density at radius 1 is 1.10 bits per heavy atom. The smallest absolute Gasteiger partial charge is 0.340 e. The predicted molar refractivity (Wildman–Crippen MR) is 118 cm³/mol. The third-order valence-electron chi connectivity index (χ3n) is 4.62. The number of hydrogen-bond donors (Lipinski definition) is 1. The molecule has 0 aliphatic carbocycles. The number of hydrogen-bond acceptors (Lipinski definition) is 6. The molecule has 0 aliphatic rings. The summed E-state index contributed by atoms with van der Waals surface area (Å²) in [5.41, 5.74) is 2.27. The lowest BCUT2D eigenvalue weighted by Crippen LogP contribution is -2.16. The second-order valence-corrected chi connectivity index (χ2v) is 8.76. The lowest BCUT2D eigenvalue weighted by molar-refractivity contribution is 0.0601. The van der Waals surface area contributed by atoms with Gasteiger partial charge in [0.05, 0.1) is 19.3 Å². The second-order valence-electron chi connectivity index (χ2n) is 8.76. The van der Waals surface area contributed by atoms with Gasteiger partial charge in [0, 0.05) is 6.07 Å². The molecule has 2 aromatic carbocycles. The van der Waals surface area contributed by atoms with E-state index in [9.17, 15) is 9.90 Å². The van der Waals surface area contributed by atoms with E-state index in [0.717, 1.165) is 18.4 Å². The maximum atomic E-state index is 12.3. The van der Waals surface area contributed by atoms with Crippen LogP contribution in [0.4, 0.5) is 11.4 Å². The summed E-state index contributed by atoms with van der Waals surface area (Å²) >= 11 is 0. The maximum Gasteiger partial charge on any atom is 0.340 e. The third-order valence-corrected chi connectivity index (χ3v) is 4.62. The predicted octanol–water partition coefficient (Wildman–Crippen LogP) is 6.61. The monoisotopic (exact) mass is 412 g/mol. The highest BCUT2D eigenvalue weighted by Crippen LogP contribution is 2.34. The van der Waals surface area contributed by atoms with Gasteiger partial charge in [-0.15, -0.1) is 10.2 Å². The van der Waals surface area contributed by atoms with Crippen molar-refractivity contribution in [3.8, 4) is 11.5 Å². The molecule has 0 spiro atoms. The van der Waals surface area contributed by atoms with Gasteiger partial charge < -0.3 is 14.6 Å². The van der Waals surface area contributed by atoms with Crippen molar-refractivity contribution in [3.63, 3.8) is 0 Å². The molecule has 0 heterocycles. The SMILES string of the molecule is CCC(C)Cc1ccc(/N=N/c2ccc(O)cc2OCC(C)(C)C)c(C(=O)OC)c1. The summed E-state index contributed by atoms with van der Waals surface area (Å²) in [6, 6.07) is 10.2. The Morgan fingerprint density at radius 3 is 2.40 bits per heavy atom. The summed E-state index contributed by atoms with van der Waals surface area (Å²) in [4.78, 5) is 12.3. The second kappa shape index (κ2) is 10.2. The number of carbonyl (C=O) groups is 1. The quantitative estimate of drug-likeness (QED) is 0.391. The molecule has 2 aromatic rings. The molecule has 0 radical (unpaired) electrons. The fraction of sp³-hybridized carbons (Fsp3) is 0.458. The fourth-order valence-electron chi connectivity index (χ4n) is 2.72. The van der Waals surface area contributed by atoms with Crippen LogP contribution in [-0.4, -0.2) is 24.8 Å². The van der Waals surface area contributed by atoms with Gasteiger partial charge in [-0.3, -0.25) is 0 Å². The summed E-state index contributed by atoms with van der Waals surface area (Å²) in [6.07, 6.45) is 1.94. The minimum atomic E-state index is -0.454. The zero-order valence-electron chi connectivity index (χ0n) is 18.7. The molecule has 1 atom stereocenters. The van der Waals surface area contributed by atoms with Crippen molar-refractivity contribution in [2.75, 3.05) is 13.7 Å². The number of nitrogens with zero attached hydrogens (tertiary/aromatic N) is 2. The molecule has 0 saturated heterocycles. The summed E-state index contributed by atoms with van der Waals surface area (Å²) < 4.78 is 10.8. The Morgan fingerprint density at radius 2 is 1.77 bits per heavy atom. The highest BCUT2D eigenvalue weighted by molar-refractivity contribution is 5.95. The number of carbonyl (C=O) groups excluding carboxylic acids is 1. The van der Waals surface area contributed by atoms with Crippen LogP contribution in [-0.2, 0) is 11.2 Å². The van der Waals surface area contributed by atoms with E-state index in [1.807, 2.05) is 12.1 Å². The van der Waals surface area contributed by atoms with E-state index >= 15 is 0 Å². The van der Waals surface area contributed by atoms with Crippen LogP contribution in [0.15, 0.2) is 46.6 Å². The Labute approximate surface area is 178 Å². The Bertz CT molecular complexity index is 901. The number of methoxy groups -OCH3 is 1. The maximum absolute atomic E-state index is 12.3. The first-order valence-corrected chi connectivity index (χ1v) is 10.2. The largest absolute Gasteiger partial charge is 0.508 e. The summed E-state index contributed by atoms with van der Waals surface area (Å²) in [6.45, 7) is 10.9. The summed E-state index contributed by atoms with van der Waals surface area (Å²) in [5.74, 6) is 0.580. The van der Waals surface area contributed by atoms with E-state index < -0.39 is 5.97 Å². The lowest BCUT2D eigenvalue weighted by Gasteiger charge is -2.19. The molecule has 6 heteroatoms. The minimum absolute atomic E-state index is 0.0522. The number of ether oxygens (including phenoxy) is 2. The van der Waals surface area contributed by atoms with Gasteiger partial charge in [0.2, 0.25) is 0 Å². The zero-order chi connectivity index (χ0) is 22.3. The number of benzene rings is 2. The molecule has 1 N–H and O–H groups in total. The van der Waals surface area contributed by atoms with Gasteiger partial charge in [-0.25, -0.2) is 4.79 Å². The van der Waals surface area contributed by atoms with Crippen LogP contribution in [0.3, 0.4) is 0 Å². The van der Waals surface area contributed by atoms with Gasteiger partial charge in [0.15, 0.2) is 5.75 Å². The number of aromatic hydroxyl groups is 1. The van der Waals surface area contributed by atoms with E-state index in [0.29, 0.717) is 35.2 Å². The molecule has 0 bridgehead atoms. The Kier molecular flexibility index (Phi) is 7.98. The molecular weight excluding hydrogens is 380 g/mol. The van der Waals surface area contributed by atoms with Crippen molar-refractivity contribution < 1.29 is 19.4 Å². The fourth-order valence-corrected chi connectivity index (χ4v) is 2.72. The van der Waals surface area contributed by atoms with Crippen molar-refractivity contribution in [1.29, 1.82) is 0 Å². The highest BCUT2D eigenvalue weighted by atomic mass is 16.5. The van der Waals surface area contributed by atoms with Crippen molar-refractivity contribution >= 4 is 17.3 Å². The first-order valence-electron chi connectivity index (χ1n) is 10.2. The molecule has 1 unspecified atom stereocenters. The van der Waals surface area contributed by atoms with Crippen LogP contribution in [0, 0.1) is 11.3 Å². The molecule has 0 fully saturated rings. The zero-order valence-corrected chi connectivity index (χ0v) is 18.7. The van der Waals surface area contributed by atoms with Crippen LogP contribution in [0.1, 0.15) is 57.0 Å². The van der Waals surface area contributed by atoms with Gasteiger partial charge in [-0.2, -0.15) is 0 Å². The Hall–Kier alpha value is -2.89. The van der Waals surface area contributed by atoms with Crippen LogP contribution in [0.5, 0.6) is 11.5 Å². The average molecular weight is 413 g/mol. The van der Waals surface area contributed by atoms with E-state index in [1.54, 1.807) is 12.1 Å². The van der Waals surface area contributed by atoms with Gasteiger partial charge in [-0.1, -0.05) is 47.1 Å². The van der Waals surface area contributed by atoms with Crippen molar-refractivity contribution in [3.05, 3.63) is 47.5 Å². The van der Waals surface area contributed by atoms with E-state index in [2.05, 4.69) is 44.8 Å². The van der Waals surface area contributed by atoms with Crippen molar-refractivity contribution in [2.45, 2.75) is 47.5 Å². The van der Waals surface area contributed by atoms with Gasteiger partial charge in [-0.05, 0) is 47.6 Å². The molecule has 30 heavy (non-hydrogen) atoms. The first kappa shape index (κ1) is 23.4. The normalized spacial score (nSPS) is 12.7. The van der Waals surface area contributed by atoms with Crippen molar-refractivity contribution in [1.82, 2.24) is 0 Å². The highest BCUT2D eigenvalue weighted by Gasteiger charge is 2.16. The van der Waals surface area contributed by atoms with Crippen LogP contribution in [0.2, 0.25) is 0 Å². The van der Waals surface area contributed by atoms with E-state index in [4.69, 9.17) is 9.47 Å². The molecule has 0 aromatic heterocycles. The summed E-state index contributed by atoms with van der Waals surface area (Å²) in [5, 5.41) is 18.4. The van der Waals surface area contributed by atoms with Crippen LogP contribution < -0.4 is 4.74 Å². The standard InChI is InChI=1S/C24H32N2O4/c1-7-16(2)12-17-8-10-20(19(13-17)23(28)29-6)25-26-21-11-9-18(27)14-22(21)30-15-24(3,4)5/h8-11,13-14,16,27H,7,12,15H2,1-6H3/b26-25+. The van der Waals surface area contributed by atoms with Gasteiger partial charge in [0.1, 0.15) is 17.1 Å².